The first-order valence-electron chi connectivity index (χ1n) is 10.3. The minimum absolute atomic E-state index is 0.0495. The third kappa shape index (κ3) is 4.14. The summed E-state index contributed by atoms with van der Waals surface area (Å²) in [6, 6.07) is 3.73. The number of rotatable bonds is 4. The fourth-order valence-corrected chi connectivity index (χ4v) is 3.97. The number of aryl methyl sites for hydroxylation is 1. The first-order valence-corrected chi connectivity index (χ1v) is 10.3. The number of para-hydroxylation sites is 1. The Hall–Kier alpha value is -3.14. The van der Waals surface area contributed by atoms with E-state index in [4.69, 9.17) is 5.73 Å². The molecule has 3 heterocycles. The Bertz CT molecular complexity index is 1170. The number of amides is 1. The topological polar surface area (TPSA) is 99.9 Å². The first-order chi connectivity index (χ1) is 15.0. The van der Waals surface area contributed by atoms with Crippen LogP contribution >= 0.6 is 0 Å². The van der Waals surface area contributed by atoms with Crippen molar-refractivity contribution >= 4 is 22.6 Å². The van der Waals surface area contributed by atoms with E-state index in [0.29, 0.717) is 36.6 Å². The normalized spacial score (nSPS) is 20.0. The number of alkyl halides is 3. The molecule has 0 spiro atoms. The fourth-order valence-electron chi connectivity index (χ4n) is 3.97. The number of fused-ring (bicyclic) bond motifs is 1. The van der Waals surface area contributed by atoms with E-state index in [-0.39, 0.29) is 5.56 Å². The van der Waals surface area contributed by atoms with Crippen LogP contribution in [0.15, 0.2) is 30.6 Å². The lowest BCUT2D eigenvalue weighted by molar-refractivity contribution is -0.149. The largest absolute Gasteiger partial charge is 0.408 e. The van der Waals surface area contributed by atoms with Crippen molar-refractivity contribution in [3.63, 3.8) is 0 Å². The summed E-state index contributed by atoms with van der Waals surface area (Å²) in [6.45, 7) is 5.75. The molecule has 0 bridgehead atoms. The predicted molar refractivity (Wildman–Crippen MR) is 116 cm³/mol. The van der Waals surface area contributed by atoms with E-state index in [9.17, 15) is 18.0 Å². The van der Waals surface area contributed by atoms with Crippen LogP contribution in [0.5, 0.6) is 0 Å². The van der Waals surface area contributed by atoms with E-state index in [1.165, 1.54) is 6.20 Å². The highest BCUT2D eigenvalue weighted by atomic mass is 19.4. The molecule has 7 nitrogen and oxygen atoms in total. The molecule has 170 valence electrons. The second kappa shape index (κ2) is 7.77. The zero-order valence-corrected chi connectivity index (χ0v) is 18.0. The van der Waals surface area contributed by atoms with Crippen molar-refractivity contribution in [1.29, 1.82) is 0 Å². The zero-order chi connectivity index (χ0) is 23.3. The average molecular weight is 446 g/mol. The van der Waals surface area contributed by atoms with Gasteiger partial charge in [0.2, 0.25) is 0 Å². The number of nitrogens with zero attached hydrogens (tertiary/aromatic N) is 3. The van der Waals surface area contributed by atoms with Gasteiger partial charge in [-0.3, -0.25) is 9.78 Å². The summed E-state index contributed by atoms with van der Waals surface area (Å²) in [4.78, 5) is 26.9. The maximum absolute atomic E-state index is 13.1. The third-order valence-electron chi connectivity index (χ3n) is 5.79. The molecule has 1 amide bonds. The molecule has 1 fully saturated rings. The Morgan fingerprint density at radius 3 is 2.72 bits per heavy atom. The highest BCUT2D eigenvalue weighted by Gasteiger charge is 2.39. The van der Waals surface area contributed by atoms with Crippen LogP contribution in [0, 0.1) is 6.92 Å². The molecule has 2 atom stereocenters. The summed E-state index contributed by atoms with van der Waals surface area (Å²) in [7, 11) is 0. The van der Waals surface area contributed by atoms with Gasteiger partial charge in [0.15, 0.2) is 0 Å². The van der Waals surface area contributed by atoms with Gasteiger partial charge >= 0.3 is 6.18 Å². The van der Waals surface area contributed by atoms with Crippen molar-refractivity contribution in [2.75, 3.05) is 18.0 Å². The minimum atomic E-state index is -4.55. The SMILES string of the molecule is Cc1cccc2[nH]c(-c3cncc(C(=O)N[C@H](C)C(F)(F)F)c3N3CC[C@](C)(N)C3)nc12. The van der Waals surface area contributed by atoms with Gasteiger partial charge in [0.1, 0.15) is 11.9 Å². The molecule has 0 aliphatic carbocycles. The van der Waals surface area contributed by atoms with Gasteiger partial charge in [-0.1, -0.05) is 12.1 Å². The molecule has 0 unspecified atom stereocenters. The molecule has 32 heavy (non-hydrogen) atoms. The van der Waals surface area contributed by atoms with Crippen molar-refractivity contribution in [1.82, 2.24) is 20.3 Å². The number of aromatic amines is 1. The number of aromatic nitrogens is 3. The summed E-state index contributed by atoms with van der Waals surface area (Å²) in [5.41, 5.74) is 9.44. The van der Waals surface area contributed by atoms with E-state index in [1.54, 1.807) is 6.20 Å². The smallest absolute Gasteiger partial charge is 0.368 e. The molecule has 4 rings (SSSR count). The second-order valence-electron chi connectivity index (χ2n) is 8.70. The number of pyridine rings is 1. The Labute approximate surface area is 183 Å². The maximum Gasteiger partial charge on any atom is 0.408 e. The molecule has 10 heteroatoms. The third-order valence-corrected chi connectivity index (χ3v) is 5.79. The van der Waals surface area contributed by atoms with Crippen LogP contribution in [0.3, 0.4) is 0 Å². The van der Waals surface area contributed by atoms with Crippen LogP contribution < -0.4 is 16.0 Å². The second-order valence-corrected chi connectivity index (χ2v) is 8.70. The Kier molecular flexibility index (Phi) is 5.36. The quantitative estimate of drug-likeness (QED) is 0.569. The number of anilines is 1. The Morgan fingerprint density at radius 2 is 2.09 bits per heavy atom. The van der Waals surface area contributed by atoms with Crippen LogP contribution in [-0.2, 0) is 0 Å². The molecular weight excluding hydrogens is 421 g/mol. The summed E-state index contributed by atoms with van der Waals surface area (Å²) >= 11 is 0. The molecule has 0 saturated carbocycles. The first kappa shape index (κ1) is 22.1. The van der Waals surface area contributed by atoms with E-state index in [2.05, 4.69) is 15.0 Å². The molecule has 4 N–H and O–H groups in total. The van der Waals surface area contributed by atoms with Crippen molar-refractivity contribution in [2.24, 2.45) is 5.73 Å². The van der Waals surface area contributed by atoms with Crippen LogP contribution in [-0.4, -0.2) is 51.7 Å². The molecule has 0 radical (unpaired) electrons. The number of H-pyrrole nitrogens is 1. The van der Waals surface area contributed by atoms with Gasteiger partial charge < -0.3 is 20.9 Å². The lowest BCUT2D eigenvalue weighted by atomic mass is 10.0. The van der Waals surface area contributed by atoms with Crippen molar-refractivity contribution in [3.8, 4) is 11.4 Å². The predicted octanol–water partition coefficient (Wildman–Crippen LogP) is 3.54. The van der Waals surface area contributed by atoms with Gasteiger partial charge in [-0.2, -0.15) is 13.2 Å². The molecular formula is C22H25F3N6O. The number of hydrogen-bond acceptors (Lipinski definition) is 5. The van der Waals surface area contributed by atoms with Gasteiger partial charge in [-0.15, -0.1) is 0 Å². The summed E-state index contributed by atoms with van der Waals surface area (Å²) < 4.78 is 39.2. The Morgan fingerprint density at radius 1 is 1.34 bits per heavy atom. The summed E-state index contributed by atoms with van der Waals surface area (Å²) in [5.74, 6) is -0.363. The van der Waals surface area contributed by atoms with E-state index in [1.807, 2.05) is 42.3 Å². The number of nitrogens with two attached hydrogens (primary N) is 1. The summed E-state index contributed by atoms with van der Waals surface area (Å²) in [6.07, 6.45) is -1.02. The standard InChI is InChI=1S/C22H25F3N6O/c1-12-5-4-6-16-17(12)30-19(29-16)14-9-27-10-15(20(32)28-13(2)22(23,24)25)18(14)31-8-7-21(3,26)11-31/h4-6,9-10,13H,7-8,11,26H2,1-3H3,(H,28,32)(H,29,30)/t13-,21+/m1/s1. The van der Waals surface area contributed by atoms with Crippen LogP contribution in [0.2, 0.25) is 0 Å². The number of nitrogens with one attached hydrogen (secondary N) is 2. The van der Waals surface area contributed by atoms with Crippen molar-refractivity contribution in [2.45, 2.75) is 44.9 Å². The molecule has 1 aliphatic heterocycles. The number of imidazole rings is 1. The zero-order valence-electron chi connectivity index (χ0n) is 18.0. The van der Waals surface area contributed by atoms with E-state index in [0.717, 1.165) is 23.5 Å². The lowest BCUT2D eigenvalue weighted by Gasteiger charge is -2.26. The average Bonchev–Trinajstić information content (AvgIpc) is 3.30. The highest BCUT2D eigenvalue weighted by molar-refractivity contribution is 6.03. The fraction of sp³-hybridized carbons (Fsp3) is 0.409. The van der Waals surface area contributed by atoms with E-state index >= 15 is 0 Å². The molecule has 1 aromatic carbocycles. The van der Waals surface area contributed by atoms with Crippen molar-refractivity contribution in [3.05, 3.63) is 41.7 Å². The number of carbonyl (C=O) groups is 1. The molecule has 3 aromatic rings. The van der Waals surface area contributed by atoms with Crippen LogP contribution in [0.4, 0.5) is 18.9 Å². The van der Waals surface area contributed by atoms with Gasteiger partial charge in [-0.25, -0.2) is 4.98 Å². The van der Waals surface area contributed by atoms with E-state index < -0.39 is 23.7 Å². The van der Waals surface area contributed by atoms with Gasteiger partial charge in [-0.05, 0) is 38.8 Å². The number of carbonyl (C=O) groups excluding carboxylic acids is 1. The molecule has 1 saturated heterocycles. The number of halogens is 3. The van der Waals surface area contributed by atoms with Crippen LogP contribution in [0.25, 0.3) is 22.4 Å². The summed E-state index contributed by atoms with van der Waals surface area (Å²) in [5, 5.41) is 2.04. The highest BCUT2D eigenvalue weighted by Crippen LogP contribution is 2.37. The van der Waals surface area contributed by atoms with Crippen LogP contribution in [0.1, 0.15) is 36.2 Å². The molecule has 2 aromatic heterocycles. The monoisotopic (exact) mass is 446 g/mol. The minimum Gasteiger partial charge on any atom is -0.368 e. The van der Waals surface area contributed by atoms with Crippen molar-refractivity contribution < 1.29 is 18.0 Å². The Balaban J connectivity index is 1.84. The molecule has 1 aliphatic rings. The maximum atomic E-state index is 13.1. The van der Waals surface area contributed by atoms with Gasteiger partial charge in [0.05, 0.1) is 27.8 Å². The lowest BCUT2D eigenvalue weighted by Crippen LogP contribution is -2.44. The number of hydrogen-bond donors (Lipinski definition) is 3. The van der Waals surface area contributed by atoms with Gasteiger partial charge in [0, 0.05) is 31.0 Å². The number of benzene rings is 1. The van der Waals surface area contributed by atoms with Gasteiger partial charge in [0.25, 0.3) is 5.91 Å².